The zero-order valence-corrected chi connectivity index (χ0v) is 12.7. The molecule has 0 bridgehead atoms. The number of carbonyl (C=O) groups excluding carboxylic acids is 2. The number of hydrazine groups is 1. The van der Waals surface area contributed by atoms with Gasteiger partial charge in [-0.05, 0) is 24.3 Å². The fourth-order valence-corrected chi connectivity index (χ4v) is 1.29. The monoisotopic (exact) mass is 328 g/mol. The molecule has 0 saturated carbocycles. The van der Waals surface area contributed by atoms with Gasteiger partial charge in [-0.1, -0.05) is 36.7 Å². The van der Waals surface area contributed by atoms with Crippen LogP contribution in [0.1, 0.15) is 20.8 Å². The minimum atomic E-state index is -0.556. The molecule has 2 N–H and O–H groups in total. The molecule has 0 heterocycles. The van der Waals surface area contributed by atoms with E-state index in [1.54, 1.807) is 32.9 Å². The lowest BCUT2D eigenvalue weighted by Gasteiger charge is -2.17. The van der Waals surface area contributed by atoms with Gasteiger partial charge in [0, 0.05) is 9.89 Å². The molecule has 0 aromatic heterocycles. The van der Waals surface area contributed by atoms with Crippen molar-refractivity contribution in [2.75, 3.05) is 6.61 Å². The van der Waals surface area contributed by atoms with Crippen LogP contribution in [0, 0.1) is 5.41 Å². The fraction of sp³-hybridized carbons (Fsp3) is 0.385. The first kappa shape index (κ1) is 15.5. The van der Waals surface area contributed by atoms with E-state index in [2.05, 4.69) is 26.8 Å². The van der Waals surface area contributed by atoms with Crippen LogP contribution in [-0.2, 0) is 9.59 Å². The van der Waals surface area contributed by atoms with Crippen molar-refractivity contribution in [2.24, 2.45) is 5.41 Å². The summed E-state index contributed by atoms with van der Waals surface area (Å²) < 4.78 is 6.19. The Labute approximate surface area is 120 Å². The van der Waals surface area contributed by atoms with Crippen LogP contribution in [0.5, 0.6) is 5.75 Å². The van der Waals surface area contributed by atoms with E-state index in [9.17, 15) is 9.59 Å². The smallest absolute Gasteiger partial charge is 0.276 e. The van der Waals surface area contributed by atoms with Crippen LogP contribution in [0.15, 0.2) is 28.7 Å². The lowest BCUT2D eigenvalue weighted by Crippen LogP contribution is -2.48. The largest absolute Gasteiger partial charge is 0.484 e. The molecule has 0 atom stereocenters. The number of ether oxygens (including phenoxy) is 1. The molecule has 1 aromatic rings. The third-order valence-electron chi connectivity index (χ3n) is 2.18. The number of carbonyl (C=O) groups is 2. The van der Waals surface area contributed by atoms with E-state index in [1.807, 2.05) is 12.1 Å². The van der Waals surface area contributed by atoms with Crippen LogP contribution in [0.25, 0.3) is 0 Å². The van der Waals surface area contributed by atoms with Crippen molar-refractivity contribution in [3.8, 4) is 5.75 Å². The van der Waals surface area contributed by atoms with Crippen molar-refractivity contribution in [3.63, 3.8) is 0 Å². The number of amides is 2. The van der Waals surface area contributed by atoms with Crippen LogP contribution in [0.3, 0.4) is 0 Å². The van der Waals surface area contributed by atoms with Gasteiger partial charge in [-0.2, -0.15) is 0 Å². The molecule has 0 saturated heterocycles. The molecule has 104 valence electrons. The molecule has 1 aromatic carbocycles. The lowest BCUT2D eigenvalue weighted by atomic mass is 9.96. The summed E-state index contributed by atoms with van der Waals surface area (Å²) in [4.78, 5) is 23.0. The molecule has 0 unspecified atom stereocenters. The Hall–Kier alpha value is -1.56. The third kappa shape index (κ3) is 5.74. The second-order valence-electron chi connectivity index (χ2n) is 4.99. The minimum absolute atomic E-state index is 0.161. The summed E-state index contributed by atoms with van der Waals surface area (Å²) in [6.07, 6.45) is 0. The molecule has 0 aliphatic rings. The molecule has 0 aliphatic carbocycles. The van der Waals surface area contributed by atoms with Crippen LogP contribution in [0.2, 0.25) is 0 Å². The van der Waals surface area contributed by atoms with E-state index in [4.69, 9.17) is 4.74 Å². The number of halogens is 1. The highest BCUT2D eigenvalue weighted by Gasteiger charge is 2.21. The quantitative estimate of drug-likeness (QED) is 0.834. The molecule has 0 spiro atoms. The summed E-state index contributed by atoms with van der Waals surface area (Å²) in [6, 6.07) is 7.11. The molecule has 6 heteroatoms. The first-order valence-corrected chi connectivity index (χ1v) is 6.56. The van der Waals surface area contributed by atoms with Gasteiger partial charge >= 0.3 is 0 Å². The van der Waals surface area contributed by atoms with Crippen molar-refractivity contribution in [2.45, 2.75) is 20.8 Å². The van der Waals surface area contributed by atoms with Crippen LogP contribution >= 0.6 is 15.9 Å². The summed E-state index contributed by atoms with van der Waals surface area (Å²) >= 11 is 3.30. The molecule has 0 fully saturated rings. The van der Waals surface area contributed by atoms with Gasteiger partial charge in [0.2, 0.25) is 5.91 Å². The molecular weight excluding hydrogens is 312 g/mol. The second-order valence-corrected chi connectivity index (χ2v) is 5.91. The Kier molecular flexibility index (Phi) is 5.35. The molecule has 0 aliphatic heterocycles. The third-order valence-corrected chi connectivity index (χ3v) is 2.71. The normalized spacial score (nSPS) is 10.7. The predicted octanol–water partition coefficient (Wildman–Crippen LogP) is 2.02. The van der Waals surface area contributed by atoms with E-state index in [0.29, 0.717) is 5.75 Å². The maximum absolute atomic E-state index is 11.5. The highest BCUT2D eigenvalue weighted by atomic mass is 79.9. The average molecular weight is 329 g/mol. The van der Waals surface area contributed by atoms with E-state index < -0.39 is 11.3 Å². The molecular formula is C13H17BrN2O3. The summed E-state index contributed by atoms with van der Waals surface area (Å²) in [6.45, 7) is 5.11. The van der Waals surface area contributed by atoms with Crippen molar-refractivity contribution in [1.82, 2.24) is 10.9 Å². The number of nitrogens with one attached hydrogen (secondary N) is 2. The van der Waals surface area contributed by atoms with E-state index in [-0.39, 0.29) is 12.5 Å². The highest BCUT2D eigenvalue weighted by molar-refractivity contribution is 9.10. The number of hydrogen-bond donors (Lipinski definition) is 2. The van der Waals surface area contributed by atoms with Crippen molar-refractivity contribution in [3.05, 3.63) is 28.7 Å². The van der Waals surface area contributed by atoms with Gasteiger partial charge in [-0.15, -0.1) is 0 Å². The Bertz CT molecular complexity index is 452. The zero-order chi connectivity index (χ0) is 14.5. The van der Waals surface area contributed by atoms with E-state index >= 15 is 0 Å². The highest BCUT2D eigenvalue weighted by Crippen LogP contribution is 2.15. The Morgan fingerprint density at radius 1 is 1.16 bits per heavy atom. The van der Waals surface area contributed by atoms with Gasteiger partial charge in [0.05, 0.1) is 0 Å². The number of hydrogen-bond acceptors (Lipinski definition) is 3. The SMILES string of the molecule is CC(C)(C)C(=O)NNC(=O)COc1ccc(Br)cc1. The maximum Gasteiger partial charge on any atom is 0.276 e. The fourth-order valence-electron chi connectivity index (χ4n) is 1.03. The van der Waals surface area contributed by atoms with E-state index in [1.165, 1.54) is 0 Å². The van der Waals surface area contributed by atoms with Gasteiger partial charge in [0.25, 0.3) is 5.91 Å². The Morgan fingerprint density at radius 2 is 1.74 bits per heavy atom. The zero-order valence-electron chi connectivity index (χ0n) is 11.1. The maximum atomic E-state index is 11.5. The lowest BCUT2D eigenvalue weighted by molar-refractivity contribution is -0.134. The van der Waals surface area contributed by atoms with Gasteiger partial charge in [0.1, 0.15) is 5.75 Å². The summed E-state index contributed by atoms with van der Waals surface area (Å²) in [5, 5.41) is 0. The van der Waals surface area contributed by atoms with E-state index in [0.717, 1.165) is 4.47 Å². The Morgan fingerprint density at radius 3 is 2.26 bits per heavy atom. The van der Waals surface area contributed by atoms with Crippen molar-refractivity contribution >= 4 is 27.7 Å². The summed E-state index contributed by atoms with van der Waals surface area (Å²) in [5.74, 6) is -0.0921. The topological polar surface area (TPSA) is 67.4 Å². The van der Waals surface area contributed by atoms with Gasteiger partial charge in [-0.25, -0.2) is 0 Å². The molecule has 0 radical (unpaired) electrons. The standard InChI is InChI=1S/C13H17BrN2O3/c1-13(2,3)12(18)16-15-11(17)8-19-10-6-4-9(14)5-7-10/h4-7H,8H2,1-3H3,(H,15,17)(H,16,18). The summed E-state index contributed by atoms with van der Waals surface area (Å²) in [7, 11) is 0. The second kappa shape index (κ2) is 6.56. The first-order valence-electron chi connectivity index (χ1n) is 5.76. The molecule has 5 nitrogen and oxygen atoms in total. The predicted molar refractivity (Wildman–Crippen MR) is 75.4 cm³/mol. The molecule has 2 amide bonds. The molecule has 1 rings (SSSR count). The van der Waals surface area contributed by atoms with Crippen LogP contribution < -0.4 is 15.6 Å². The number of rotatable bonds is 3. The van der Waals surface area contributed by atoms with Gasteiger partial charge in [-0.3, -0.25) is 20.4 Å². The van der Waals surface area contributed by atoms with Crippen molar-refractivity contribution in [1.29, 1.82) is 0 Å². The first-order chi connectivity index (χ1) is 8.79. The average Bonchev–Trinajstić information content (AvgIpc) is 2.34. The summed E-state index contributed by atoms with van der Waals surface area (Å²) in [5.41, 5.74) is 4.08. The van der Waals surface area contributed by atoms with Crippen molar-refractivity contribution < 1.29 is 14.3 Å². The minimum Gasteiger partial charge on any atom is -0.484 e. The van der Waals surface area contributed by atoms with Crippen LogP contribution in [0.4, 0.5) is 0 Å². The molecule has 19 heavy (non-hydrogen) atoms. The Balaban J connectivity index is 2.32. The van der Waals surface area contributed by atoms with Crippen LogP contribution in [-0.4, -0.2) is 18.4 Å². The number of benzene rings is 1. The van der Waals surface area contributed by atoms with Gasteiger partial charge in [0.15, 0.2) is 6.61 Å². The van der Waals surface area contributed by atoms with Gasteiger partial charge < -0.3 is 4.74 Å².